The van der Waals surface area contributed by atoms with Crippen LogP contribution in [0.1, 0.15) is 69.8 Å². The van der Waals surface area contributed by atoms with Gasteiger partial charge in [-0.05, 0) is 58.6 Å². The molecular weight excluding hydrogens is 408 g/mol. The maximum Gasteiger partial charge on any atom is 0.306 e. The number of piperidine rings is 1. The van der Waals surface area contributed by atoms with Crippen molar-refractivity contribution in [2.75, 3.05) is 31.2 Å². The minimum absolute atomic E-state index is 0.168. The van der Waals surface area contributed by atoms with Gasteiger partial charge in [0.05, 0.1) is 17.9 Å². The van der Waals surface area contributed by atoms with Crippen molar-refractivity contribution in [2.45, 2.75) is 70.5 Å². The number of rotatable bonds is 10. The number of carbonyl (C=O) groups excluding carboxylic acids is 2. The largest absolute Gasteiger partial charge is 0.460 e. The fourth-order valence-electron chi connectivity index (χ4n) is 3.41. The molecule has 1 N–H and O–H groups in total. The number of carbonyl (C=O) groups is 2. The first-order chi connectivity index (χ1) is 14.1. The second-order valence-corrected chi connectivity index (χ2v) is 9.20. The van der Waals surface area contributed by atoms with Crippen LogP contribution in [-0.2, 0) is 14.3 Å². The van der Waals surface area contributed by atoms with E-state index in [0.717, 1.165) is 24.9 Å². The molecule has 1 aromatic rings. The molecule has 0 bridgehead atoms. The Balaban J connectivity index is 1.64. The Hall–Kier alpha value is -1.70. The SMILES string of the molecule is CC(C)(C)OC(=O)CCCCCOCC1(O)CCN(c2ccc(Cl)nc2C=O)CC1. The summed E-state index contributed by atoms with van der Waals surface area (Å²) in [7, 11) is 0. The lowest BCUT2D eigenvalue weighted by molar-refractivity contribution is -0.154. The number of aldehydes is 1. The summed E-state index contributed by atoms with van der Waals surface area (Å²) in [6.07, 6.45) is 4.70. The van der Waals surface area contributed by atoms with Gasteiger partial charge in [0.2, 0.25) is 0 Å². The van der Waals surface area contributed by atoms with Gasteiger partial charge in [-0.15, -0.1) is 0 Å². The van der Waals surface area contributed by atoms with Crippen molar-refractivity contribution in [3.63, 3.8) is 0 Å². The van der Waals surface area contributed by atoms with Crippen LogP contribution < -0.4 is 4.90 Å². The first-order valence-electron chi connectivity index (χ1n) is 10.5. The molecule has 0 spiro atoms. The minimum atomic E-state index is -0.867. The number of aliphatic hydroxyl groups is 1. The standard InChI is InChI=1S/C22H33ClN2O5/c1-21(2,3)30-20(27)7-5-4-6-14-29-16-22(28)10-12-25(13-11-22)18-8-9-19(23)24-17(18)15-26/h8-9,15,28H,4-7,10-14,16H2,1-3H3. The van der Waals surface area contributed by atoms with E-state index in [0.29, 0.717) is 50.9 Å². The van der Waals surface area contributed by atoms with Gasteiger partial charge < -0.3 is 19.5 Å². The summed E-state index contributed by atoms with van der Waals surface area (Å²) in [6.45, 7) is 7.65. The zero-order valence-corrected chi connectivity index (χ0v) is 18.9. The Morgan fingerprint density at radius 1 is 1.27 bits per heavy atom. The van der Waals surface area contributed by atoms with Crippen LogP contribution in [0.15, 0.2) is 12.1 Å². The van der Waals surface area contributed by atoms with Crippen molar-refractivity contribution in [1.29, 1.82) is 0 Å². The van der Waals surface area contributed by atoms with Crippen molar-refractivity contribution in [3.8, 4) is 0 Å². The summed E-state index contributed by atoms with van der Waals surface area (Å²) in [5, 5.41) is 11.1. The lowest BCUT2D eigenvalue weighted by Crippen LogP contribution is -2.47. The first-order valence-corrected chi connectivity index (χ1v) is 10.9. The molecule has 0 aromatic carbocycles. The number of nitrogens with zero attached hydrogens (tertiary/aromatic N) is 2. The summed E-state index contributed by atoms with van der Waals surface area (Å²) in [5.74, 6) is -0.168. The first kappa shape index (κ1) is 24.6. The van der Waals surface area contributed by atoms with E-state index in [-0.39, 0.29) is 17.7 Å². The summed E-state index contributed by atoms with van der Waals surface area (Å²) in [4.78, 5) is 29.0. The molecule has 1 fully saturated rings. The van der Waals surface area contributed by atoms with Gasteiger partial charge in [-0.25, -0.2) is 4.98 Å². The number of unbranched alkanes of at least 4 members (excludes halogenated alkanes) is 2. The molecule has 8 heteroatoms. The van der Waals surface area contributed by atoms with Gasteiger partial charge in [-0.3, -0.25) is 9.59 Å². The molecular formula is C22H33ClN2O5. The average molecular weight is 441 g/mol. The van der Waals surface area contributed by atoms with Gasteiger partial charge in [-0.2, -0.15) is 0 Å². The van der Waals surface area contributed by atoms with Gasteiger partial charge in [0.15, 0.2) is 6.29 Å². The van der Waals surface area contributed by atoms with Gasteiger partial charge in [0.25, 0.3) is 0 Å². The molecule has 0 aliphatic carbocycles. The van der Waals surface area contributed by atoms with Crippen LogP contribution in [-0.4, -0.2) is 59.9 Å². The van der Waals surface area contributed by atoms with Crippen LogP contribution in [0.4, 0.5) is 5.69 Å². The number of aromatic nitrogens is 1. The molecule has 1 aromatic heterocycles. The molecule has 0 radical (unpaired) electrons. The molecule has 0 saturated carbocycles. The zero-order chi connectivity index (χ0) is 22.2. The Morgan fingerprint density at radius 3 is 2.60 bits per heavy atom. The van der Waals surface area contributed by atoms with Crippen LogP contribution in [0, 0.1) is 0 Å². The fraction of sp³-hybridized carbons (Fsp3) is 0.682. The average Bonchev–Trinajstić information content (AvgIpc) is 2.66. The van der Waals surface area contributed by atoms with E-state index in [1.807, 2.05) is 25.7 Å². The predicted octanol–water partition coefficient (Wildman–Crippen LogP) is 3.80. The normalized spacial score (nSPS) is 16.4. The maximum atomic E-state index is 11.7. The van der Waals surface area contributed by atoms with Crippen LogP contribution in [0.5, 0.6) is 0 Å². The van der Waals surface area contributed by atoms with Gasteiger partial charge in [-0.1, -0.05) is 18.0 Å². The topological polar surface area (TPSA) is 89.0 Å². The van der Waals surface area contributed by atoms with E-state index < -0.39 is 11.2 Å². The third-order valence-corrected chi connectivity index (χ3v) is 5.19. The van der Waals surface area contributed by atoms with Crippen LogP contribution >= 0.6 is 11.6 Å². The Morgan fingerprint density at radius 2 is 1.97 bits per heavy atom. The van der Waals surface area contributed by atoms with E-state index in [1.165, 1.54) is 0 Å². The summed E-state index contributed by atoms with van der Waals surface area (Å²) in [5.41, 5.74) is -0.254. The second-order valence-electron chi connectivity index (χ2n) is 8.82. The molecule has 1 saturated heterocycles. The number of hydrogen-bond acceptors (Lipinski definition) is 7. The highest BCUT2D eigenvalue weighted by atomic mass is 35.5. The second kappa shape index (κ2) is 11.1. The van der Waals surface area contributed by atoms with Crippen molar-refractivity contribution in [2.24, 2.45) is 0 Å². The molecule has 0 atom stereocenters. The molecule has 1 aliphatic rings. The predicted molar refractivity (Wildman–Crippen MR) is 116 cm³/mol. The molecule has 0 amide bonds. The van der Waals surface area contributed by atoms with Crippen molar-refractivity contribution in [1.82, 2.24) is 4.98 Å². The third-order valence-electron chi connectivity index (χ3n) is 4.98. The lowest BCUT2D eigenvalue weighted by Gasteiger charge is -2.39. The van der Waals surface area contributed by atoms with Crippen LogP contribution in [0.2, 0.25) is 5.15 Å². The van der Waals surface area contributed by atoms with Crippen molar-refractivity contribution >= 4 is 29.5 Å². The zero-order valence-electron chi connectivity index (χ0n) is 18.2. The van der Waals surface area contributed by atoms with Crippen LogP contribution in [0.25, 0.3) is 0 Å². The van der Waals surface area contributed by atoms with Gasteiger partial charge in [0.1, 0.15) is 16.4 Å². The van der Waals surface area contributed by atoms with E-state index in [9.17, 15) is 14.7 Å². The molecule has 2 heterocycles. The van der Waals surface area contributed by atoms with Gasteiger partial charge >= 0.3 is 5.97 Å². The third kappa shape index (κ3) is 8.20. The van der Waals surface area contributed by atoms with Crippen molar-refractivity contribution in [3.05, 3.63) is 23.0 Å². The highest BCUT2D eigenvalue weighted by Gasteiger charge is 2.33. The number of halogens is 1. The highest BCUT2D eigenvalue weighted by molar-refractivity contribution is 6.29. The Bertz CT molecular complexity index is 712. The Labute approximate surface area is 183 Å². The summed E-state index contributed by atoms with van der Waals surface area (Å²) in [6, 6.07) is 3.45. The Kier molecular flexibility index (Phi) is 9.07. The van der Waals surface area contributed by atoms with E-state index in [4.69, 9.17) is 21.1 Å². The van der Waals surface area contributed by atoms with Gasteiger partial charge in [0, 0.05) is 26.1 Å². The molecule has 30 heavy (non-hydrogen) atoms. The van der Waals surface area contributed by atoms with Crippen molar-refractivity contribution < 1.29 is 24.2 Å². The molecule has 2 rings (SSSR count). The van der Waals surface area contributed by atoms with E-state index in [1.54, 1.807) is 12.1 Å². The van der Waals surface area contributed by atoms with E-state index >= 15 is 0 Å². The molecule has 7 nitrogen and oxygen atoms in total. The smallest absolute Gasteiger partial charge is 0.306 e. The number of anilines is 1. The minimum Gasteiger partial charge on any atom is -0.460 e. The molecule has 1 aliphatic heterocycles. The van der Waals surface area contributed by atoms with Crippen LogP contribution in [0.3, 0.4) is 0 Å². The number of pyridine rings is 1. The molecule has 168 valence electrons. The number of hydrogen-bond donors (Lipinski definition) is 1. The molecule has 0 unspecified atom stereocenters. The van der Waals surface area contributed by atoms with E-state index in [2.05, 4.69) is 4.98 Å². The highest BCUT2D eigenvalue weighted by Crippen LogP contribution is 2.28. The lowest BCUT2D eigenvalue weighted by atomic mass is 9.92. The maximum absolute atomic E-state index is 11.7. The number of esters is 1. The number of ether oxygens (including phenoxy) is 2. The quantitative estimate of drug-likeness (QED) is 0.256. The monoisotopic (exact) mass is 440 g/mol. The summed E-state index contributed by atoms with van der Waals surface area (Å²) >= 11 is 5.86. The summed E-state index contributed by atoms with van der Waals surface area (Å²) < 4.78 is 11.0. The fourth-order valence-corrected chi connectivity index (χ4v) is 3.56.